The van der Waals surface area contributed by atoms with Gasteiger partial charge in [-0.15, -0.1) is 0 Å². The van der Waals surface area contributed by atoms with Crippen LogP contribution >= 0.6 is 0 Å². The maximum Gasteiger partial charge on any atom is 0.224 e. The van der Waals surface area contributed by atoms with Crippen LogP contribution in [0.1, 0.15) is 32.9 Å². The molecule has 0 radical (unpaired) electrons. The summed E-state index contributed by atoms with van der Waals surface area (Å²) in [6.07, 6.45) is 1.07. The van der Waals surface area contributed by atoms with Crippen LogP contribution in [0.4, 0.5) is 11.8 Å². The number of rotatable bonds is 4. The van der Waals surface area contributed by atoms with Gasteiger partial charge in [-0.05, 0) is 27.2 Å². The van der Waals surface area contributed by atoms with Crippen LogP contribution in [0.3, 0.4) is 0 Å². The van der Waals surface area contributed by atoms with Gasteiger partial charge in [0.2, 0.25) is 5.95 Å². The number of hydrogen-bond acceptors (Lipinski definition) is 4. The summed E-state index contributed by atoms with van der Waals surface area (Å²) in [5, 5.41) is 2.98. The van der Waals surface area contributed by atoms with E-state index in [4.69, 9.17) is 0 Å². The lowest BCUT2D eigenvalue weighted by molar-refractivity contribution is 0.467. The monoisotopic (exact) mass is 222 g/mol. The Morgan fingerprint density at radius 2 is 2.00 bits per heavy atom. The highest BCUT2D eigenvalue weighted by molar-refractivity contribution is 5.45. The summed E-state index contributed by atoms with van der Waals surface area (Å²) in [4.78, 5) is 11.0. The Morgan fingerprint density at radius 3 is 2.50 bits per heavy atom. The van der Waals surface area contributed by atoms with Crippen molar-refractivity contribution in [1.82, 2.24) is 9.97 Å². The van der Waals surface area contributed by atoms with Crippen molar-refractivity contribution < 1.29 is 0 Å². The number of aromatic nitrogens is 2. The first-order valence-electron chi connectivity index (χ1n) is 5.68. The van der Waals surface area contributed by atoms with Crippen molar-refractivity contribution in [3.8, 4) is 0 Å². The zero-order valence-electron chi connectivity index (χ0n) is 11.1. The van der Waals surface area contributed by atoms with Gasteiger partial charge in [-0.1, -0.05) is 6.92 Å². The predicted octanol–water partition coefficient (Wildman–Crippen LogP) is 2.45. The summed E-state index contributed by atoms with van der Waals surface area (Å²) in [6, 6.07) is 2.01. The van der Waals surface area contributed by atoms with E-state index in [2.05, 4.69) is 48.0 Å². The molecule has 0 saturated heterocycles. The Balaban J connectivity index is 3.08. The zero-order chi connectivity index (χ0) is 12.3. The molecule has 0 bridgehead atoms. The molecule has 1 heterocycles. The molecule has 1 aromatic rings. The summed E-state index contributed by atoms with van der Waals surface area (Å²) < 4.78 is 0. The Hall–Kier alpha value is -1.32. The second-order valence-corrected chi connectivity index (χ2v) is 4.67. The number of nitrogens with one attached hydrogen (secondary N) is 1. The first-order valence-corrected chi connectivity index (χ1v) is 5.68. The maximum atomic E-state index is 4.47. The Labute approximate surface area is 98.1 Å². The maximum absolute atomic E-state index is 4.47. The zero-order valence-corrected chi connectivity index (χ0v) is 11.1. The normalized spacial score (nSPS) is 11.4. The lowest BCUT2D eigenvalue weighted by atomic mass is 10.00. The standard InChI is InChI=1S/C12H22N4/c1-7-12(3,4)16(6)10-8-9(2)14-11(13-5)15-10/h8H,7H2,1-6H3,(H,13,14,15). The molecule has 0 aliphatic carbocycles. The number of hydrogen-bond donors (Lipinski definition) is 1. The Bertz CT molecular complexity index is 360. The minimum absolute atomic E-state index is 0.103. The average Bonchev–Trinajstić information content (AvgIpc) is 2.27. The van der Waals surface area contributed by atoms with E-state index < -0.39 is 0 Å². The molecule has 1 aromatic heterocycles. The third-order valence-electron chi connectivity index (χ3n) is 3.18. The summed E-state index contributed by atoms with van der Waals surface area (Å²) in [7, 11) is 3.91. The van der Waals surface area contributed by atoms with E-state index in [-0.39, 0.29) is 5.54 Å². The number of aryl methyl sites for hydroxylation is 1. The van der Waals surface area contributed by atoms with Gasteiger partial charge in [0.1, 0.15) is 5.82 Å². The third kappa shape index (κ3) is 2.62. The van der Waals surface area contributed by atoms with Crippen LogP contribution in [-0.4, -0.2) is 29.6 Å². The molecule has 0 aromatic carbocycles. The molecule has 0 amide bonds. The fraction of sp³-hybridized carbons (Fsp3) is 0.667. The number of anilines is 2. The summed E-state index contributed by atoms with van der Waals surface area (Å²) in [5.74, 6) is 1.64. The molecule has 0 unspecified atom stereocenters. The van der Waals surface area contributed by atoms with Gasteiger partial charge in [-0.3, -0.25) is 0 Å². The molecule has 0 fully saturated rings. The molecular weight excluding hydrogens is 200 g/mol. The average molecular weight is 222 g/mol. The van der Waals surface area contributed by atoms with E-state index >= 15 is 0 Å². The van der Waals surface area contributed by atoms with Gasteiger partial charge in [0.25, 0.3) is 0 Å². The van der Waals surface area contributed by atoms with Crippen molar-refractivity contribution in [1.29, 1.82) is 0 Å². The van der Waals surface area contributed by atoms with Crippen molar-refractivity contribution in [3.63, 3.8) is 0 Å². The molecular formula is C12H22N4. The van der Waals surface area contributed by atoms with E-state index in [9.17, 15) is 0 Å². The minimum atomic E-state index is 0.103. The molecule has 4 heteroatoms. The molecule has 0 aliphatic rings. The highest BCUT2D eigenvalue weighted by atomic mass is 15.2. The van der Waals surface area contributed by atoms with Crippen molar-refractivity contribution in [2.75, 3.05) is 24.3 Å². The van der Waals surface area contributed by atoms with E-state index in [0.29, 0.717) is 5.95 Å². The SMILES string of the molecule is CCC(C)(C)N(C)c1cc(C)nc(NC)n1. The van der Waals surface area contributed by atoms with Gasteiger partial charge in [0.15, 0.2) is 0 Å². The molecule has 90 valence electrons. The number of nitrogens with zero attached hydrogens (tertiary/aromatic N) is 3. The van der Waals surface area contributed by atoms with Crippen molar-refractivity contribution in [2.45, 2.75) is 39.7 Å². The smallest absolute Gasteiger partial charge is 0.224 e. The molecule has 0 atom stereocenters. The van der Waals surface area contributed by atoms with E-state index in [1.54, 1.807) is 0 Å². The van der Waals surface area contributed by atoms with Gasteiger partial charge in [-0.2, -0.15) is 4.98 Å². The molecule has 1 rings (SSSR count). The van der Waals surface area contributed by atoms with Gasteiger partial charge in [-0.25, -0.2) is 4.98 Å². The van der Waals surface area contributed by atoms with Crippen LogP contribution in [0, 0.1) is 6.92 Å². The summed E-state index contributed by atoms with van der Waals surface area (Å²) in [5.41, 5.74) is 1.08. The van der Waals surface area contributed by atoms with Crippen molar-refractivity contribution in [3.05, 3.63) is 11.8 Å². The predicted molar refractivity (Wildman–Crippen MR) is 69.1 cm³/mol. The van der Waals surface area contributed by atoms with Crippen molar-refractivity contribution >= 4 is 11.8 Å². The van der Waals surface area contributed by atoms with E-state index in [1.807, 2.05) is 20.0 Å². The van der Waals surface area contributed by atoms with Gasteiger partial charge < -0.3 is 10.2 Å². The van der Waals surface area contributed by atoms with Crippen LogP contribution in [0.15, 0.2) is 6.07 Å². The van der Waals surface area contributed by atoms with Crippen molar-refractivity contribution in [2.24, 2.45) is 0 Å². The molecule has 0 aliphatic heterocycles. The quantitative estimate of drug-likeness (QED) is 0.849. The van der Waals surface area contributed by atoms with Crippen LogP contribution in [-0.2, 0) is 0 Å². The van der Waals surface area contributed by atoms with Gasteiger partial charge in [0, 0.05) is 31.4 Å². The first kappa shape index (κ1) is 12.7. The van der Waals surface area contributed by atoms with Gasteiger partial charge >= 0.3 is 0 Å². The lowest BCUT2D eigenvalue weighted by Crippen LogP contribution is -2.41. The molecule has 0 spiro atoms. The fourth-order valence-corrected chi connectivity index (χ4v) is 1.38. The van der Waals surface area contributed by atoms with Crippen LogP contribution in [0.25, 0.3) is 0 Å². The highest BCUT2D eigenvalue weighted by Crippen LogP contribution is 2.24. The third-order valence-corrected chi connectivity index (χ3v) is 3.18. The molecule has 16 heavy (non-hydrogen) atoms. The highest BCUT2D eigenvalue weighted by Gasteiger charge is 2.22. The minimum Gasteiger partial charge on any atom is -0.357 e. The molecule has 0 saturated carbocycles. The fourth-order valence-electron chi connectivity index (χ4n) is 1.38. The molecule has 1 N–H and O–H groups in total. The van der Waals surface area contributed by atoms with E-state index in [1.165, 1.54) is 0 Å². The van der Waals surface area contributed by atoms with E-state index in [0.717, 1.165) is 17.9 Å². The Kier molecular flexibility index (Phi) is 3.73. The van der Waals surface area contributed by atoms with Crippen LogP contribution in [0.2, 0.25) is 0 Å². The molecule has 4 nitrogen and oxygen atoms in total. The van der Waals surface area contributed by atoms with Gasteiger partial charge in [0.05, 0.1) is 0 Å². The first-order chi connectivity index (χ1) is 7.40. The lowest BCUT2D eigenvalue weighted by Gasteiger charge is -2.36. The van der Waals surface area contributed by atoms with Crippen LogP contribution in [0.5, 0.6) is 0 Å². The largest absolute Gasteiger partial charge is 0.357 e. The topological polar surface area (TPSA) is 41.1 Å². The summed E-state index contributed by atoms with van der Waals surface area (Å²) >= 11 is 0. The Morgan fingerprint density at radius 1 is 1.38 bits per heavy atom. The second-order valence-electron chi connectivity index (χ2n) is 4.67. The summed E-state index contributed by atoms with van der Waals surface area (Å²) in [6.45, 7) is 8.59. The van der Waals surface area contributed by atoms with Crippen LogP contribution < -0.4 is 10.2 Å². The second kappa shape index (κ2) is 4.68.